The van der Waals surface area contributed by atoms with Crippen LogP contribution in [0.3, 0.4) is 0 Å². The van der Waals surface area contributed by atoms with E-state index in [-0.39, 0.29) is 22.8 Å². The fourth-order valence-electron chi connectivity index (χ4n) is 0.950. The molecule has 0 aliphatic heterocycles. The van der Waals surface area contributed by atoms with Crippen molar-refractivity contribution < 1.29 is 9.13 Å². The topological polar surface area (TPSA) is 33.0 Å². The Morgan fingerprint density at radius 2 is 2.31 bits per heavy atom. The van der Waals surface area contributed by atoms with E-state index < -0.39 is 5.82 Å². The van der Waals surface area contributed by atoms with Gasteiger partial charge in [0.2, 0.25) is 0 Å². The maximum absolute atomic E-state index is 13.2. The Hall–Kier alpha value is -1.11. The Balaban J connectivity index is 3.17. The zero-order chi connectivity index (χ0) is 9.84. The number of nitrogens with zero attached hydrogens (tertiary/aromatic N) is 1. The van der Waals surface area contributed by atoms with Crippen molar-refractivity contribution in [2.45, 2.75) is 6.61 Å². The molecule has 1 aromatic rings. The van der Waals surface area contributed by atoms with E-state index in [4.69, 9.17) is 21.6 Å². The molecule has 0 atom stereocenters. The van der Waals surface area contributed by atoms with E-state index in [1.165, 1.54) is 13.2 Å². The summed E-state index contributed by atoms with van der Waals surface area (Å²) in [5, 5.41) is 8.72. The summed E-state index contributed by atoms with van der Waals surface area (Å²) in [6.07, 6.45) is 0. The number of hydrogen-bond acceptors (Lipinski definition) is 2. The number of nitriles is 1. The first-order valence-corrected chi connectivity index (χ1v) is 3.93. The molecular formula is C9H7ClFNO. The largest absolute Gasteiger partial charge is 0.380 e. The van der Waals surface area contributed by atoms with Crippen LogP contribution in [0.15, 0.2) is 12.1 Å². The summed E-state index contributed by atoms with van der Waals surface area (Å²) in [7, 11) is 1.45. The first-order valence-electron chi connectivity index (χ1n) is 3.56. The lowest BCUT2D eigenvalue weighted by atomic mass is 10.1. The maximum Gasteiger partial charge on any atom is 0.131 e. The molecule has 13 heavy (non-hydrogen) atoms. The highest BCUT2D eigenvalue weighted by molar-refractivity contribution is 6.31. The molecule has 1 aromatic carbocycles. The van der Waals surface area contributed by atoms with Crippen LogP contribution in [0.5, 0.6) is 0 Å². The average molecular weight is 200 g/mol. The highest BCUT2D eigenvalue weighted by Crippen LogP contribution is 2.21. The van der Waals surface area contributed by atoms with Gasteiger partial charge in [0.05, 0.1) is 23.3 Å². The van der Waals surface area contributed by atoms with Crippen molar-refractivity contribution in [3.8, 4) is 6.07 Å². The van der Waals surface area contributed by atoms with Crippen LogP contribution in [0.4, 0.5) is 4.39 Å². The van der Waals surface area contributed by atoms with Crippen LogP contribution in [-0.4, -0.2) is 7.11 Å². The fraction of sp³-hybridized carbons (Fsp3) is 0.222. The number of ether oxygens (including phenoxy) is 1. The van der Waals surface area contributed by atoms with Gasteiger partial charge in [0.25, 0.3) is 0 Å². The van der Waals surface area contributed by atoms with Crippen molar-refractivity contribution in [1.29, 1.82) is 5.26 Å². The highest BCUT2D eigenvalue weighted by atomic mass is 35.5. The molecule has 0 fully saturated rings. The number of rotatable bonds is 2. The SMILES string of the molecule is COCc1c(F)cc(C#N)cc1Cl. The van der Waals surface area contributed by atoms with Crippen LogP contribution in [0.2, 0.25) is 5.02 Å². The molecule has 0 heterocycles. The minimum Gasteiger partial charge on any atom is -0.380 e. The summed E-state index contributed by atoms with van der Waals surface area (Å²) in [5.74, 6) is -0.508. The van der Waals surface area contributed by atoms with E-state index in [0.29, 0.717) is 0 Å². The van der Waals surface area contributed by atoms with Gasteiger partial charge in [-0.2, -0.15) is 5.26 Å². The quantitative estimate of drug-likeness (QED) is 0.733. The Morgan fingerprint density at radius 1 is 1.62 bits per heavy atom. The third-order valence-corrected chi connectivity index (χ3v) is 1.90. The summed E-state index contributed by atoms with van der Waals surface area (Å²) < 4.78 is 17.9. The van der Waals surface area contributed by atoms with Crippen molar-refractivity contribution in [2.24, 2.45) is 0 Å². The monoisotopic (exact) mass is 199 g/mol. The Morgan fingerprint density at radius 3 is 2.77 bits per heavy atom. The van der Waals surface area contributed by atoms with Gasteiger partial charge in [0.1, 0.15) is 5.82 Å². The molecule has 0 saturated heterocycles. The molecule has 68 valence electrons. The molecule has 0 aliphatic rings. The first kappa shape index (κ1) is 9.97. The molecule has 0 aromatic heterocycles. The zero-order valence-corrected chi connectivity index (χ0v) is 7.73. The number of methoxy groups -OCH3 is 1. The van der Waals surface area contributed by atoms with Gasteiger partial charge in [-0.1, -0.05) is 11.6 Å². The van der Waals surface area contributed by atoms with Gasteiger partial charge in [-0.25, -0.2) is 4.39 Å². The van der Waals surface area contributed by atoms with Crippen molar-refractivity contribution in [1.82, 2.24) is 0 Å². The average Bonchev–Trinajstić information content (AvgIpc) is 2.11. The molecule has 4 heteroatoms. The van der Waals surface area contributed by atoms with Crippen LogP contribution in [0.1, 0.15) is 11.1 Å². The second-order valence-corrected chi connectivity index (χ2v) is 2.87. The maximum atomic E-state index is 13.2. The lowest BCUT2D eigenvalue weighted by Crippen LogP contribution is -1.95. The van der Waals surface area contributed by atoms with Crippen molar-refractivity contribution in [3.63, 3.8) is 0 Å². The summed E-state index contributed by atoms with van der Waals surface area (Å²) >= 11 is 5.72. The summed E-state index contributed by atoms with van der Waals surface area (Å²) in [4.78, 5) is 0. The molecular weight excluding hydrogens is 193 g/mol. The molecule has 0 spiro atoms. The normalized spacial score (nSPS) is 9.69. The number of hydrogen-bond donors (Lipinski definition) is 0. The molecule has 0 radical (unpaired) electrons. The van der Waals surface area contributed by atoms with Crippen LogP contribution in [-0.2, 0) is 11.3 Å². The fourth-order valence-corrected chi connectivity index (χ4v) is 1.21. The van der Waals surface area contributed by atoms with E-state index >= 15 is 0 Å². The third kappa shape index (κ3) is 2.18. The molecule has 0 aliphatic carbocycles. The van der Waals surface area contributed by atoms with E-state index in [1.807, 2.05) is 6.07 Å². The van der Waals surface area contributed by atoms with Crippen LogP contribution < -0.4 is 0 Å². The minimum atomic E-state index is -0.508. The predicted octanol–water partition coefficient (Wildman–Crippen LogP) is 2.50. The second-order valence-electron chi connectivity index (χ2n) is 2.46. The molecule has 0 N–H and O–H groups in total. The highest BCUT2D eigenvalue weighted by Gasteiger charge is 2.08. The third-order valence-electron chi connectivity index (χ3n) is 1.56. The number of benzene rings is 1. The molecule has 1 rings (SSSR count). The second kappa shape index (κ2) is 4.22. The molecule has 0 saturated carbocycles. The molecule has 2 nitrogen and oxygen atoms in total. The summed E-state index contributed by atoms with van der Waals surface area (Å²) in [5.41, 5.74) is 0.491. The number of halogens is 2. The molecule has 0 unspecified atom stereocenters. The lowest BCUT2D eigenvalue weighted by molar-refractivity contribution is 0.181. The smallest absolute Gasteiger partial charge is 0.131 e. The molecule has 0 amide bonds. The lowest BCUT2D eigenvalue weighted by Gasteiger charge is -2.04. The van der Waals surface area contributed by atoms with Crippen molar-refractivity contribution in [3.05, 3.63) is 34.1 Å². The van der Waals surface area contributed by atoms with Gasteiger partial charge in [-0.3, -0.25) is 0 Å². The van der Waals surface area contributed by atoms with Gasteiger partial charge in [-0.05, 0) is 12.1 Å². The van der Waals surface area contributed by atoms with Gasteiger partial charge in [-0.15, -0.1) is 0 Å². The standard InChI is InChI=1S/C9H7ClFNO/c1-13-5-7-8(10)2-6(4-12)3-9(7)11/h2-3H,5H2,1H3. The Labute approximate surface area is 80.5 Å². The van der Waals surface area contributed by atoms with Crippen molar-refractivity contribution in [2.75, 3.05) is 7.11 Å². The van der Waals surface area contributed by atoms with Gasteiger partial charge < -0.3 is 4.74 Å². The van der Waals surface area contributed by atoms with Gasteiger partial charge >= 0.3 is 0 Å². The van der Waals surface area contributed by atoms with Gasteiger partial charge in [0, 0.05) is 12.7 Å². The van der Waals surface area contributed by atoms with Crippen LogP contribution in [0.25, 0.3) is 0 Å². The van der Waals surface area contributed by atoms with E-state index in [2.05, 4.69) is 0 Å². The Kier molecular flexibility index (Phi) is 3.24. The minimum absolute atomic E-state index is 0.108. The van der Waals surface area contributed by atoms with Crippen LogP contribution in [0, 0.1) is 17.1 Å². The van der Waals surface area contributed by atoms with Crippen LogP contribution >= 0.6 is 11.6 Å². The first-order chi connectivity index (χ1) is 6.19. The summed E-state index contributed by atoms with van der Waals surface area (Å²) in [6.45, 7) is 0.108. The molecule has 0 bridgehead atoms. The van der Waals surface area contributed by atoms with E-state index in [0.717, 1.165) is 6.07 Å². The van der Waals surface area contributed by atoms with E-state index in [1.54, 1.807) is 0 Å². The zero-order valence-electron chi connectivity index (χ0n) is 6.97. The van der Waals surface area contributed by atoms with E-state index in [9.17, 15) is 4.39 Å². The Bertz CT molecular complexity index is 336. The predicted molar refractivity (Wildman–Crippen MR) is 46.8 cm³/mol. The van der Waals surface area contributed by atoms with Crippen molar-refractivity contribution >= 4 is 11.6 Å². The van der Waals surface area contributed by atoms with Gasteiger partial charge in [0.15, 0.2) is 0 Å². The summed E-state index contributed by atoms with van der Waals surface area (Å²) in [6, 6.07) is 4.37.